The van der Waals surface area contributed by atoms with Crippen LogP contribution < -0.4 is 0 Å². The SMILES string of the molecule is CCCCC([N-]C(C)(C)C)[N-]C(C)(C)C.CCCCC([N-]C(C)(C)C)[N-]C(C)(C)C.[CH-]=O.[CH-]=O.[Ru+6]. The Labute approximate surface area is 233 Å². The summed E-state index contributed by atoms with van der Waals surface area (Å²) < 4.78 is 0. The molecule has 0 heterocycles. The second-order valence-electron chi connectivity index (χ2n) is 12.4. The van der Waals surface area contributed by atoms with Crippen molar-refractivity contribution in [2.45, 2.75) is 170 Å². The van der Waals surface area contributed by atoms with Crippen LogP contribution in [0.3, 0.4) is 0 Å². The van der Waals surface area contributed by atoms with Gasteiger partial charge in [0.15, 0.2) is 0 Å². The van der Waals surface area contributed by atoms with E-state index in [-0.39, 0.29) is 54.0 Å². The fraction of sp³-hybridized carbons (Fsp3) is 0.929. The van der Waals surface area contributed by atoms with Gasteiger partial charge in [0.1, 0.15) is 0 Å². The average Bonchev–Trinajstić information content (AvgIpc) is 2.63. The Bertz CT molecular complexity index is 376. The van der Waals surface area contributed by atoms with E-state index in [9.17, 15) is 0 Å². The first-order valence-electron chi connectivity index (χ1n) is 12.6. The maximum absolute atomic E-state index is 7.75. The molecule has 0 fully saturated rings. The Morgan fingerprint density at radius 2 is 0.657 bits per heavy atom. The van der Waals surface area contributed by atoms with Gasteiger partial charge in [-0.3, -0.25) is 13.6 Å². The summed E-state index contributed by atoms with van der Waals surface area (Å²) in [6.45, 7) is 36.6. The second kappa shape index (κ2) is 23.0. The summed E-state index contributed by atoms with van der Waals surface area (Å²) >= 11 is 0. The molecule has 0 spiro atoms. The van der Waals surface area contributed by atoms with Crippen molar-refractivity contribution in [2.24, 2.45) is 0 Å². The summed E-state index contributed by atoms with van der Waals surface area (Å²) in [6, 6.07) is 0. The smallest absolute Gasteiger partial charge is 0.673 e. The van der Waals surface area contributed by atoms with Gasteiger partial charge < -0.3 is 30.9 Å². The predicted molar refractivity (Wildman–Crippen MR) is 153 cm³/mol. The Morgan fingerprint density at radius 1 is 0.486 bits per heavy atom. The van der Waals surface area contributed by atoms with Gasteiger partial charge in [0.25, 0.3) is 0 Å². The van der Waals surface area contributed by atoms with E-state index in [1.54, 1.807) is 0 Å². The molecule has 0 aliphatic rings. The van der Waals surface area contributed by atoms with Gasteiger partial charge in [-0.15, -0.1) is 22.2 Å². The van der Waals surface area contributed by atoms with Crippen molar-refractivity contribution >= 4 is 13.6 Å². The van der Waals surface area contributed by atoms with Crippen molar-refractivity contribution in [3.05, 3.63) is 21.3 Å². The third-order valence-corrected chi connectivity index (χ3v) is 3.78. The minimum absolute atomic E-state index is 0. The first-order valence-corrected chi connectivity index (χ1v) is 12.6. The van der Waals surface area contributed by atoms with Crippen LogP contribution in [0.15, 0.2) is 0 Å². The van der Waals surface area contributed by atoms with Crippen molar-refractivity contribution in [1.29, 1.82) is 0 Å². The number of carbonyl (C=O) groups excluding carboxylic acids is 2. The Kier molecular flexibility index (Phi) is 29.4. The van der Waals surface area contributed by atoms with Crippen LogP contribution >= 0.6 is 0 Å². The van der Waals surface area contributed by atoms with E-state index in [4.69, 9.17) is 30.9 Å². The molecule has 0 aliphatic carbocycles. The van der Waals surface area contributed by atoms with Crippen LogP contribution in [0.25, 0.3) is 21.3 Å². The van der Waals surface area contributed by atoms with Gasteiger partial charge >= 0.3 is 19.5 Å². The molecule has 0 aromatic heterocycles. The van der Waals surface area contributed by atoms with E-state index in [2.05, 4.69) is 111 Å². The molecule has 0 N–H and O–H groups in total. The fourth-order valence-electron chi connectivity index (χ4n) is 2.88. The largest absolute Gasteiger partial charge is 6.00 e. The van der Waals surface area contributed by atoms with E-state index in [1.165, 1.54) is 25.7 Å². The van der Waals surface area contributed by atoms with Gasteiger partial charge in [-0.25, -0.2) is 12.3 Å². The molecule has 0 aromatic rings. The Hall–Kier alpha value is -0.197. The van der Waals surface area contributed by atoms with Crippen LogP contribution in [0.4, 0.5) is 0 Å². The van der Waals surface area contributed by atoms with Crippen LogP contribution in [-0.4, -0.2) is 48.1 Å². The molecule has 0 aromatic carbocycles. The maximum atomic E-state index is 7.75. The van der Waals surface area contributed by atoms with E-state index < -0.39 is 0 Å². The molecule has 35 heavy (non-hydrogen) atoms. The summed E-state index contributed by atoms with van der Waals surface area (Å²) in [4.78, 5) is 15.5. The number of rotatable bonds is 10. The molecular formula is C28H58N4O2Ru. The van der Waals surface area contributed by atoms with Crippen LogP contribution in [0, 0.1) is 0 Å². The van der Waals surface area contributed by atoms with Gasteiger partial charge in [-0.1, -0.05) is 135 Å². The summed E-state index contributed by atoms with van der Waals surface area (Å²) in [5.41, 5.74) is 0.0840. The van der Waals surface area contributed by atoms with Crippen molar-refractivity contribution in [3.8, 4) is 0 Å². The van der Waals surface area contributed by atoms with E-state index in [0.29, 0.717) is 0 Å². The zero-order valence-corrected chi connectivity index (χ0v) is 27.2. The first-order chi connectivity index (χ1) is 15.3. The Balaban J connectivity index is -0.000000146. The van der Waals surface area contributed by atoms with Gasteiger partial charge in [0, 0.05) is 0 Å². The van der Waals surface area contributed by atoms with Crippen molar-refractivity contribution in [3.63, 3.8) is 0 Å². The van der Waals surface area contributed by atoms with Crippen LogP contribution in [-0.2, 0) is 29.1 Å². The van der Waals surface area contributed by atoms with Gasteiger partial charge in [-0.05, 0) is 0 Å². The summed E-state index contributed by atoms with van der Waals surface area (Å²) in [7, 11) is 0. The van der Waals surface area contributed by atoms with Gasteiger partial charge in [-0.2, -0.15) is 0 Å². The second-order valence-corrected chi connectivity index (χ2v) is 12.4. The quantitative estimate of drug-likeness (QED) is 0.146. The third kappa shape index (κ3) is 44.2. The average molecular weight is 584 g/mol. The van der Waals surface area contributed by atoms with Crippen molar-refractivity contribution in [1.82, 2.24) is 0 Å². The van der Waals surface area contributed by atoms with E-state index >= 15 is 0 Å². The van der Waals surface area contributed by atoms with Crippen LogP contribution in [0.5, 0.6) is 0 Å². The molecule has 0 rings (SSSR count). The van der Waals surface area contributed by atoms with E-state index in [1.807, 2.05) is 0 Å². The number of nitrogens with zero attached hydrogens (tertiary/aromatic N) is 4. The molecular weight excluding hydrogens is 525 g/mol. The minimum Gasteiger partial charge on any atom is -0.673 e. The van der Waals surface area contributed by atoms with E-state index in [0.717, 1.165) is 12.8 Å². The molecule has 0 atom stereocenters. The third-order valence-electron chi connectivity index (χ3n) is 3.78. The zero-order chi connectivity index (χ0) is 28.2. The molecule has 6 nitrogen and oxygen atoms in total. The molecule has 210 valence electrons. The molecule has 0 bridgehead atoms. The number of hydrogen-bond acceptors (Lipinski definition) is 2. The topological polar surface area (TPSA) is 90.5 Å². The van der Waals surface area contributed by atoms with Crippen LogP contribution in [0.2, 0.25) is 0 Å². The molecule has 0 saturated carbocycles. The zero-order valence-electron chi connectivity index (χ0n) is 25.5. The number of hydrogen-bond donors (Lipinski definition) is 0. The summed E-state index contributed by atoms with van der Waals surface area (Å²) in [5.74, 6) is 0. The standard InChI is InChI=1S/2C13H28N2.2CHO.Ru/c2*1-8-9-10-11(14-12(2,3)4)15-13(5,6)7;2*1-2;/h2*11H,8-10H2,1-7H3;2*1H;/q2*-2;2*-1;+6. The summed E-state index contributed by atoms with van der Waals surface area (Å²) in [6.07, 6.45) is 7.38. The molecule has 0 aliphatic heterocycles. The normalized spacial score (nSPS) is 11.9. The molecule has 0 radical (unpaired) electrons. The minimum atomic E-state index is 0. The van der Waals surface area contributed by atoms with Crippen molar-refractivity contribution in [2.75, 3.05) is 0 Å². The Morgan fingerprint density at radius 3 is 0.771 bits per heavy atom. The molecule has 0 unspecified atom stereocenters. The van der Waals surface area contributed by atoms with Crippen LogP contribution in [0.1, 0.15) is 135 Å². The maximum Gasteiger partial charge on any atom is 6.00 e. The number of unbranched alkanes of at least 4 members (excludes halogenated alkanes) is 2. The first kappa shape index (κ1) is 44.8. The fourth-order valence-corrected chi connectivity index (χ4v) is 2.88. The summed E-state index contributed by atoms with van der Waals surface area (Å²) in [5, 5.41) is 19.1. The van der Waals surface area contributed by atoms with Crippen molar-refractivity contribution < 1.29 is 29.1 Å². The predicted octanol–water partition coefficient (Wildman–Crippen LogP) is 9.14. The van der Waals surface area contributed by atoms with Gasteiger partial charge in [0.05, 0.1) is 0 Å². The molecule has 0 amide bonds. The molecule has 0 saturated heterocycles. The van der Waals surface area contributed by atoms with Gasteiger partial charge in [0.2, 0.25) is 0 Å². The monoisotopic (exact) mass is 584 g/mol. The molecule has 7 heteroatoms.